The minimum absolute atomic E-state index is 0.0961. The van der Waals surface area contributed by atoms with E-state index in [0.717, 1.165) is 36.0 Å². The first-order valence-corrected chi connectivity index (χ1v) is 9.74. The molecule has 3 aromatic rings. The first-order valence-electron chi connectivity index (χ1n) is 9.74. The molecule has 2 aliphatic rings. The van der Waals surface area contributed by atoms with Crippen LogP contribution in [0.5, 0.6) is 0 Å². The van der Waals surface area contributed by atoms with Gasteiger partial charge in [-0.2, -0.15) is 9.78 Å². The largest absolute Gasteiger partial charge is 0.335 e. The van der Waals surface area contributed by atoms with E-state index in [9.17, 15) is 4.79 Å². The summed E-state index contributed by atoms with van der Waals surface area (Å²) in [6.45, 7) is 3.99. The zero-order valence-corrected chi connectivity index (χ0v) is 15.9. The molecule has 1 aliphatic carbocycles. The SMILES string of the molecule is Cc1nn(-c2ccccn2)c2nc(C3CC3)cc(C(=O)NC3CC(C)NN3)c12. The van der Waals surface area contributed by atoms with Gasteiger partial charge in [0, 0.05) is 23.9 Å². The second-order valence-electron chi connectivity index (χ2n) is 7.70. The average molecular weight is 377 g/mol. The number of carbonyl (C=O) groups is 1. The molecule has 28 heavy (non-hydrogen) atoms. The fourth-order valence-electron chi connectivity index (χ4n) is 3.76. The highest BCUT2D eigenvalue weighted by molar-refractivity contribution is 6.07. The van der Waals surface area contributed by atoms with Crippen molar-refractivity contribution in [3.05, 3.63) is 47.4 Å². The van der Waals surface area contributed by atoms with Crippen molar-refractivity contribution in [2.75, 3.05) is 0 Å². The number of rotatable bonds is 4. The second kappa shape index (κ2) is 6.65. The molecular weight excluding hydrogens is 354 g/mol. The maximum absolute atomic E-state index is 13.2. The van der Waals surface area contributed by atoms with Crippen LogP contribution >= 0.6 is 0 Å². The van der Waals surface area contributed by atoms with Gasteiger partial charge in [-0.05, 0) is 51.3 Å². The molecule has 2 fully saturated rings. The van der Waals surface area contributed by atoms with Crippen LogP contribution in [0.15, 0.2) is 30.5 Å². The molecule has 2 unspecified atom stereocenters. The van der Waals surface area contributed by atoms with Gasteiger partial charge in [0.25, 0.3) is 5.91 Å². The van der Waals surface area contributed by atoms with E-state index in [0.29, 0.717) is 29.0 Å². The van der Waals surface area contributed by atoms with Gasteiger partial charge in [-0.25, -0.2) is 15.4 Å². The van der Waals surface area contributed by atoms with Crippen molar-refractivity contribution in [1.29, 1.82) is 0 Å². The predicted octanol–water partition coefficient (Wildman–Crippen LogP) is 1.94. The van der Waals surface area contributed by atoms with Crippen LogP contribution in [0, 0.1) is 6.92 Å². The third kappa shape index (κ3) is 3.04. The van der Waals surface area contributed by atoms with Gasteiger partial charge < -0.3 is 5.32 Å². The Morgan fingerprint density at radius 2 is 2.14 bits per heavy atom. The second-order valence-corrected chi connectivity index (χ2v) is 7.70. The van der Waals surface area contributed by atoms with E-state index in [4.69, 9.17) is 4.98 Å². The van der Waals surface area contributed by atoms with Gasteiger partial charge >= 0.3 is 0 Å². The summed E-state index contributed by atoms with van der Waals surface area (Å²) in [4.78, 5) is 22.4. The molecule has 3 N–H and O–H groups in total. The predicted molar refractivity (Wildman–Crippen MR) is 105 cm³/mol. The number of pyridine rings is 2. The Morgan fingerprint density at radius 1 is 1.29 bits per heavy atom. The molecule has 2 atom stereocenters. The first kappa shape index (κ1) is 17.3. The lowest BCUT2D eigenvalue weighted by molar-refractivity contribution is 0.0934. The highest BCUT2D eigenvalue weighted by Gasteiger charge is 2.30. The van der Waals surface area contributed by atoms with E-state index >= 15 is 0 Å². The number of nitrogens with zero attached hydrogens (tertiary/aromatic N) is 4. The standard InChI is InChI=1S/C20H23N7O/c1-11-9-16(25-24-11)23-20(28)14-10-15(13-6-7-13)22-19-18(14)12(2)26-27(19)17-5-3-4-8-21-17/h3-5,8,10-11,13,16,24-25H,6-7,9H2,1-2H3,(H,23,28). The van der Waals surface area contributed by atoms with Gasteiger partial charge in [0.2, 0.25) is 0 Å². The van der Waals surface area contributed by atoms with Crippen LogP contribution in [-0.2, 0) is 0 Å². The zero-order chi connectivity index (χ0) is 19.3. The molecule has 0 aromatic carbocycles. The summed E-state index contributed by atoms with van der Waals surface area (Å²) in [6, 6.07) is 7.95. The van der Waals surface area contributed by atoms with Crippen LogP contribution in [0.25, 0.3) is 16.9 Å². The van der Waals surface area contributed by atoms with Gasteiger partial charge in [0.15, 0.2) is 11.5 Å². The Bertz CT molecular complexity index is 1040. The molecule has 1 amide bonds. The summed E-state index contributed by atoms with van der Waals surface area (Å²) in [5.74, 6) is 1.02. The lowest BCUT2D eigenvalue weighted by atomic mass is 10.1. The van der Waals surface area contributed by atoms with Crippen LogP contribution < -0.4 is 16.2 Å². The quantitative estimate of drug-likeness (QED) is 0.643. The molecule has 5 rings (SSSR count). The van der Waals surface area contributed by atoms with Crippen molar-refractivity contribution >= 4 is 16.9 Å². The number of nitrogens with one attached hydrogen (secondary N) is 3. The van der Waals surface area contributed by atoms with Gasteiger partial charge in [-0.1, -0.05) is 6.07 Å². The number of hydrogen-bond acceptors (Lipinski definition) is 6. The molecule has 144 valence electrons. The molecule has 3 aromatic heterocycles. The Hall–Kier alpha value is -2.84. The Morgan fingerprint density at radius 3 is 2.82 bits per heavy atom. The summed E-state index contributed by atoms with van der Waals surface area (Å²) in [5.41, 5.74) is 9.31. The maximum atomic E-state index is 13.2. The molecule has 0 bridgehead atoms. The fraction of sp³-hybridized carbons (Fsp3) is 0.400. The summed E-state index contributed by atoms with van der Waals surface area (Å²) in [7, 11) is 0. The number of aromatic nitrogens is 4. The zero-order valence-electron chi connectivity index (χ0n) is 15.9. The average Bonchev–Trinajstić information content (AvgIpc) is 3.40. The Balaban J connectivity index is 1.62. The summed E-state index contributed by atoms with van der Waals surface area (Å²) in [5, 5.41) is 8.52. The lowest BCUT2D eigenvalue weighted by Gasteiger charge is -2.14. The summed E-state index contributed by atoms with van der Waals surface area (Å²) < 4.78 is 1.74. The fourth-order valence-corrected chi connectivity index (χ4v) is 3.76. The number of fused-ring (bicyclic) bond motifs is 1. The van der Waals surface area contributed by atoms with Crippen molar-refractivity contribution in [3.8, 4) is 5.82 Å². The minimum atomic E-state index is -0.105. The van der Waals surface area contributed by atoms with Crippen LogP contribution in [0.3, 0.4) is 0 Å². The van der Waals surface area contributed by atoms with Gasteiger partial charge in [0.05, 0.1) is 22.8 Å². The number of carbonyl (C=O) groups excluding carboxylic acids is 1. The minimum Gasteiger partial charge on any atom is -0.335 e. The first-order chi connectivity index (χ1) is 13.6. The number of hydrogen-bond donors (Lipinski definition) is 3. The van der Waals surface area contributed by atoms with E-state index in [1.165, 1.54) is 0 Å². The Labute approximate surface area is 162 Å². The third-order valence-corrected chi connectivity index (χ3v) is 5.34. The summed E-state index contributed by atoms with van der Waals surface area (Å²) in [6.07, 6.45) is 4.70. The van der Waals surface area contributed by atoms with Crippen molar-refractivity contribution in [1.82, 2.24) is 35.9 Å². The molecule has 0 radical (unpaired) electrons. The molecule has 4 heterocycles. The number of amides is 1. The third-order valence-electron chi connectivity index (χ3n) is 5.34. The highest BCUT2D eigenvalue weighted by Crippen LogP contribution is 2.40. The molecule has 1 saturated heterocycles. The molecule has 1 aliphatic heterocycles. The van der Waals surface area contributed by atoms with Crippen molar-refractivity contribution in [2.24, 2.45) is 0 Å². The van der Waals surface area contributed by atoms with Gasteiger partial charge in [-0.3, -0.25) is 10.2 Å². The van der Waals surface area contributed by atoms with E-state index in [1.807, 2.05) is 31.2 Å². The van der Waals surface area contributed by atoms with Crippen LogP contribution in [0.2, 0.25) is 0 Å². The van der Waals surface area contributed by atoms with Crippen molar-refractivity contribution in [2.45, 2.75) is 51.2 Å². The van der Waals surface area contributed by atoms with Gasteiger partial charge in [0.1, 0.15) is 0 Å². The molecule has 1 saturated carbocycles. The van der Waals surface area contributed by atoms with Crippen LogP contribution in [-0.4, -0.2) is 37.9 Å². The smallest absolute Gasteiger partial charge is 0.253 e. The molecular formula is C20H23N7O. The molecule has 8 heteroatoms. The van der Waals surface area contributed by atoms with E-state index in [-0.39, 0.29) is 12.1 Å². The molecule has 8 nitrogen and oxygen atoms in total. The normalized spacial score (nSPS) is 21.9. The highest BCUT2D eigenvalue weighted by atomic mass is 16.1. The van der Waals surface area contributed by atoms with E-state index in [1.54, 1.807) is 10.9 Å². The van der Waals surface area contributed by atoms with Crippen molar-refractivity contribution in [3.63, 3.8) is 0 Å². The molecule has 0 spiro atoms. The van der Waals surface area contributed by atoms with Crippen LogP contribution in [0.1, 0.15) is 53.8 Å². The number of hydrazine groups is 1. The Kier molecular flexibility index (Phi) is 4.10. The topological polar surface area (TPSA) is 96.8 Å². The monoisotopic (exact) mass is 377 g/mol. The number of aryl methyl sites for hydroxylation is 1. The van der Waals surface area contributed by atoms with Crippen LogP contribution in [0.4, 0.5) is 0 Å². The van der Waals surface area contributed by atoms with Crippen molar-refractivity contribution < 1.29 is 4.79 Å². The van der Waals surface area contributed by atoms with E-state index < -0.39 is 0 Å². The summed E-state index contributed by atoms with van der Waals surface area (Å²) >= 11 is 0. The van der Waals surface area contributed by atoms with E-state index in [2.05, 4.69) is 33.2 Å². The van der Waals surface area contributed by atoms with Gasteiger partial charge in [-0.15, -0.1) is 0 Å². The maximum Gasteiger partial charge on any atom is 0.253 e. The lowest BCUT2D eigenvalue weighted by Crippen LogP contribution is -2.44.